The first-order chi connectivity index (χ1) is 3.41. The molecule has 0 aliphatic carbocycles. The summed E-state index contributed by atoms with van der Waals surface area (Å²) in [6, 6.07) is 0. The van der Waals surface area contributed by atoms with Gasteiger partial charge in [0.25, 0.3) is 0 Å². The summed E-state index contributed by atoms with van der Waals surface area (Å²) in [4.78, 5) is 8.67. The van der Waals surface area contributed by atoms with Crippen LogP contribution in [0.15, 0.2) is 0 Å². The van der Waals surface area contributed by atoms with Gasteiger partial charge in [0.2, 0.25) is 0 Å². The second-order valence-corrected chi connectivity index (χ2v) is 0.842. The summed E-state index contributed by atoms with van der Waals surface area (Å²) >= 11 is 0. The summed E-state index contributed by atoms with van der Waals surface area (Å²) in [5.41, 5.74) is 0. The van der Waals surface area contributed by atoms with Crippen molar-refractivity contribution in [1.29, 1.82) is 0 Å². The monoisotopic (exact) mass is 100 g/mol. The number of hydrogen-bond donors (Lipinski definition) is 0. The van der Waals surface area contributed by atoms with Gasteiger partial charge >= 0.3 is 0 Å². The van der Waals surface area contributed by atoms with Crippen molar-refractivity contribution in [1.82, 2.24) is 0 Å². The van der Waals surface area contributed by atoms with Crippen LogP contribution in [-0.2, 0) is 9.78 Å². The van der Waals surface area contributed by atoms with Crippen molar-refractivity contribution in [3.8, 4) is 12.0 Å². The zero-order valence-electron chi connectivity index (χ0n) is 4.52. The SMILES string of the molecule is CC#COOCC. The Morgan fingerprint density at radius 2 is 2.29 bits per heavy atom. The highest BCUT2D eigenvalue weighted by Crippen LogP contribution is 1.70. The highest BCUT2D eigenvalue weighted by Gasteiger charge is 1.68. The highest BCUT2D eigenvalue weighted by molar-refractivity contribution is 4.83. The molecular weight excluding hydrogens is 92.1 g/mol. The van der Waals surface area contributed by atoms with E-state index in [0.717, 1.165) is 0 Å². The predicted octanol–water partition coefficient (Wildman–Crippen LogP) is 0.935. The lowest BCUT2D eigenvalue weighted by molar-refractivity contribution is -0.232. The van der Waals surface area contributed by atoms with Gasteiger partial charge in [-0.1, -0.05) is 5.92 Å². The molecule has 0 aliphatic rings. The summed E-state index contributed by atoms with van der Waals surface area (Å²) in [5.74, 6) is 2.51. The van der Waals surface area contributed by atoms with Crippen LogP contribution in [0, 0.1) is 12.0 Å². The molecule has 0 rings (SSSR count). The van der Waals surface area contributed by atoms with E-state index in [-0.39, 0.29) is 0 Å². The van der Waals surface area contributed by atoms with Crippen molar-refractivity contribution < 1.29 is 9.78 Å². The summed E-state index contributed by atoms with van der Waals surface area (Å²) in [7, 11) is 0. The molecule has 0 fully saturated rings. The Morgan fingerprint density at radius 3 is 2.71 bits per heavy atom. The molecule has 0 heterocycles. The average Bonchev–Trinajstić information content (AvgIpc) is 1.69. The molecule has 2 heteroatoms. The van der Waals surface area contributed by atoms with E-state index < -0.39 is 0 Å². The second kappa shape index (κ2) is 5.32. The van der Waals surface area contributed by atoms with Gasteiger partial charge in [-0.3, -0.25) is 4.89 Å². The Balaban J connectivity index is 2.78. The minimum absolute atomic E-state index is 0.536. The molecule has 0 atom stereocenters. The van der Waals surface area contributed by atoms with E-state index >= 15 is 0 Å². The molecule has 0 aromatic heterocycles. The normalized spacial score (nSPS) is 6.57. The van der Waals surface area contributed by atoms with Crippen molar-refractivity contribution in [2.45, 2.75) is 13.8 Å². The maximum atomic E-state index is 4.40. The third kappa shape index (κ3) is 5.32. The fourth-order valence-corrected chi connectivity index (χ4v) is 0.130. The quantitative estimate of drug-likeness (QED) is 0.222. The Morgan fingerprint density at radius 1 is 1.57 bits per heavy atom. The van der Waals surface area contributed by atoms with Crippen molar-refractivity contribution in [2.24, 2.45) is 0 Å². The van der Waals surface area contributed by atoms with Gasteiger partial charge in [-0.15, -0.1) is 0 Å². The number of hydrogen-bond acceptors (Lipinski definition) is 2. The smallest absolute Gasteiger partial charge is 0.156 e. The third-order valence-electron chi connectivity index (χ3n) is 0.321. The highest BCUT2D eigenvalue weighted by atomic mass is 17.2. The summed E-state index contributed by atoms with van der Waals surface area (Å²) in [5, 5.41) is 0. The van der Waals surface area contributed by atoms with Gasteiger partial charge in [0.15, 0.2) is 6.11 Å². The maximum absolute atomic E-state index is 4.40. The first-order valence-corrected chi connectivity index (χ1v) is 2.12. The maximum Gasteiger partial charge on any atom is 0.156 e. The largest absolute Gasteiger partial charge is 0.283 e. The molecule has 0 bridgehead atoms. The topological polar surface area (TPSA) is 18.5 Å². The Kier molecular flexibility index (Phi) is 4.80. The molecule has 0 spiro atoms. The van der Waals surface area contributed by atoms with Crippen LogP contribution in [0.5, 0.6) is 0 Å². The van der Waals surface area contributed by atoms with E-state index in [9.17, 15) is 0 Å². The van der Waals surface area contributed by atoms with Crippen LogP contribution in [0.25, 0.3) is 0 Å². The van der Waals surface area contributed by atoms with Crippen LogP contribution < -0.4 is 0 Å². The zero-order chi connectivity index (χ0) is 5.54. The third-order valence-corrected chi connectivity index (χ3v) is 0.321. The second-order valence-electron chi connectivity index (χ2n) is 0.842. The molecule has 7 heavy (non-hydrogen) atoms. The van der Waals surface area contributed by atoms with Gasteiger partial charge in [0.1, 0.15) is 0 Å². The molecule has 0 saturated heterocycles. The molecule has 40 valence electrons. The van der Waals surface area contributed by atoms with Crippen LogP contribution in [0.3, 0.4) is 0 Å². The summed E-state index contributed by atoms with van der Waals surface area (Å²) in [6.07, 6.45) is 2.28. The van der Waals surface area contributed by atoms with Crippen molar-refractivity contribution in [2.75, 3.05) is 6.61 Å². The molecule has 0 aromatic rings. The zero-order valence-corrected chi connectivity index (χ0v) is 4.52. The molecule has 0 N–H and O–H groups in total. The van der Waals surface area contributed by atoms with Gasteiger partial charge in [0, 0.05) is 6.92 Å². The summed E-state index contributed by atoms with van der Waals surface area (Å²) < 4.78 is 0. The molecule has 0 radical (unpaired) electrons. The van der Waals surface area contributed by atoms with E-state index in [1.807, 2.05) is 6.92 Å². The van der Waals surface area contributed by atoms with Crippen molar-refractivity contribution in [3.05, 3.63) is 0 Å². The average molecular weight is 100 g/mol. The van der Waals surface area contributed by atoms with Gasteiger partial charge < -0.3 is 0 Å². The fraction of sp³-hybridized carbons (Fsp3) is 0.600. The van der Waals surface area contributed by atoms with Gasteiger partial charge in [-0.05, 0) is 6.92 Å². The molecule has 0 unspecified atom stereocenters. The van der Waals surface area contributed by atoms with Gasteiger partial charge in [0.05, 0.1) is 6.61 Å². The van der Waals surface area contributed by atoms with Crippen molar-refractivity contribution >= 4 is 0 Å². The Labute approximate surface area is 43.4 Å². The lowest BCUT2D eigenvalue weighted by atomic mass is 10.8. The van der Waals surface area contributed by atoms with E-state index in [4.69, 9.17) is 0 Å². The molecule has 0 amide bonds. The summed E-state index contributed by atoms with van der Waals surface area (Å²) in [6.45, 7) is 4.05. The van der Waals surface area contributed by atoms with Crippen LogP contribution in [-0.4, -0.2) is 6.61 Å². The standard InChI is InChI=1S/C5H8O2/c1-3-5-7-6-4-2/h4H2,1-2H3. The minimum atomic E-state index is 0.536. The predicted molar refractivity (Wildman–Crippen MR) is 26.2 cm³/mol. The first kappa shape index (κ1) is 6.32. The number of rotatable bonds is 2. The Bertz CT molecular complexity index is 77.8. The minimum Gasteiger partial charge on any atom is -0.283 e. The van der Waals surface area contributed by atoms with Crippen LogP contribution in [0.4, 0.5) is 0 Å². The molecule has 0 saturated carbocycles. The van der Waals surface area contributed by atoms with E-state index in [1.165, 1.54) is 0 Å². The van der Waals surface area contributed by atoms with E-state index in [1.54, 1.807) is 6.92 Å². The molecule has 0 aliphatic heterocycles. The lowest BCUT2D eigenvalue weighted by Crippen LogP contribution is -1.83. The van der Waals surface area contributed by atoms with Gasteiger partial charge in [-0.25, -0.2) is 0 Å². The van der Waals surface area contributed by atoms with Crippen LogP contribution in [0.1, 0.15) is 13.8 Å². The Hall–Kier alpha value is -0.680. The lowest BCUT2D eigenvalue weighted by Gasteiger charge is -1.87. The van der Waals surface area contributed by atoms with E-state index in [0.29, 0.717) is 6.61 Å². The molecule has 2 nitrogen and oxygen atoms in total. The van der Waals surface area contributed by atoms with Crippen LogP contribution >= 0.6 is 0 Å². The van der Waals surface area contributed by atoms with Gasteiger partial charge in [-0.2, -0.15) is 4.89 Å². The molecule has 0 aromatic carbocycles. The van der Waals surface area contributed by atoms with Crippen LogP contribution in [0.2, 0.25) is 0 Å². The van der Waals surface area contributed by atoms with E-state index in [2.05, 4.69) is 21.8 Å². The van der Waals surface area contributed by atoms with Crippen molar-refractivity contribution in [3.63, 3.8) is 0 Å². The fourth-order valence-electron chi connectivity index (χ4n) is 0.130. The molecular formula is C5H8O2. The first-order valence-electron chi connectivity index (χ1n) is 2.12.